The second-order valence-electron chi connectivity index (χ2n) is 4.62. The quantitative estimate of drug-likeness (QED) is 0.891. The molecule has 0 aliphatic carbocycles. The molecule has 2 rings (SSSR count). The van der Waals surface area contributed by atoms with E-state index in [2.05, 4.69) is 22.3 Å². The Balaban J connectivity index is 2.11. The molecule has 5 nitrogen and oxygen atoms in total. The van der Waals surface area contributed by atoms with E-state index in [4.69, 9.17) is 15.0 Å². The Hall–Kier alpha value is -1.88. The van der Waals surface area contributed by atoms with Gasteiger partial charge in [-0.05, 0) is 50.4 Å². The summed E-state index contributed by atoms with van der Waals surface area (Å²) in [6.45, 7) is 6.78. The molecule has 0 saturated carbocycles. The van der Waals surface area contributed by atoms with Gasteiger partial charge in [-0.25, -0.2) is 0 Å². The average Bonchev–Trinajstić information content (AvgIpc) is 2.74. The van der Waals surface area contributed by atoms with Gasteiger partial charge in [-0.3, -0.25) is 0 Å². The minimum Gasteiger partial charge on any atom is -0.483 e. The first-order valence-corrected chi connectivity index (χ1v) is 6.32. The molecule has 0 amide bonds. The maximum absolute atomic E-state index is 5.77. The zero-order valence-corrected chi connectivity index (χ0v) is 11.6. The monoisotopic (exact) mass is 261 g/mol. The summed E-state index contributed by atoms with van der Waals surface area (Å²) in [4.78, 5) is 4.11. The second kappa shape index (κ2) is 5.84. The van der Waals surface area contributed by atoms with Crippen LogP contribution < -0.4 is 10.5 Å². The van der Waals surface area contributed by atoms with Crippen LogP contribution in [0.25, 0.3) is 0 Å². The SMILES string of the molecule is Cc1noc(COc2c(C)cc(CCN)cc2C)n1. The highest BCUT2D eigenvalue weighted by Crippen LogP contribution is 2.25. The third-order valence-corrected chi connectivity index (χ3v) is 2.86. The molecule has 0 spiro atoms. The van der Waals surface area contributed by atoms with Crippen molar-refractivity contribution in [3.8, 4) is 5.75 Å². The minimum atomic E-state index is 0.290. The molecule has 0 atom stereocenters. The van der Waals surface area contributed by atoms with Gasteiger partial charge in [0, 0.05) is 0 Å². The van der Waals surface area contributed by atoms with Crippen LogP contribution in [0.2, 0.25) is 0 Å². The van der Waals surface area contributed by atoms with E-state index >= 15 is 0 Å². The molecule has 0 unspecified atom stereocenters. The van der Waals surface area contributed by atoms with Gasteiger partial charge in [0.25, 0.3) is 5.89 Å². The summed E-state index contributed by atoms with van der Waals surface area (Å²) >= 11 is 0. The third-order valence-electron chi connectivity index (χ3n) is 2.86. The summed E-state index contributed by atoms with van der Waals surface area (Å²) in [6, 6.07) is 4.21. The molecule has 2 N–H and O–H groups in total. The summed E-state index contributed by atoms with van der Waals surface area (Å²) in [5.74, 6) is 1.98. The van der Waals surface area contributed by atoms with E-state index in [1.54, 1.807) is 6.92 Å². The fraction of sp³-hybridized carbons (Fsp3) is 0.429. The molecule has 0 saturated heterocycles. The molecule has 0 bridgehead atoms. The van der Waals surface area contributed by atoms with Crippen molar-refractivity contribution < 1.29 is 9.26 Å². The Morgan fingerprint density at radius 3 is 2.42 bits per heavy atom. The number of aryl methyl sites for hydroxylation is 3. The van der Waals surface area contributed by atoms with Crippen LogP contribution in [-0.2, 0) is 13.0 Å². The van der Waals surface area contributed by atoms with E-state index in [-0.39, 0.29) is 0 Å². The summed E-state index contributed by atoms with van der Waals surface area (Å²) in [6.07, 6.45) is 0.880. The summed E-state index contributed by atoms with van der Waals surface area (Å²) in [7, 11) is 0. The lowest BCUT2D eigenvalue weighted by Crippen LogP contribution is -2.05. The zero-order chi connectivity index (χ0) is 13.8. The van der Waals surface area contributed by atoms with Crippen LogP contribution in [0.3, 0.4) is 0 Å². The Labute approximate surface area is 112 Å². The van der Waals surface area contributed by atoms with Crippen molar-refractivity contribution in [2.75, 3.05) is 6.54 Å². The fourth-order valence-electron chi connectivity index (χ4n) is 2.11. The van der Waals surface area contributed by atoms with Crippen LogP contribution in [0.5, 0.6) is 5.75 Å². The molecular weight excluding hydrogens is 242 g/mol. The number of benzene rings is 1. The number of ether oxygens (including phenoxy) is 1. The van der Waals surface area contributed by atoms with Crippen LogP contribution in [0, 0.1) is 20.8 Å². The maximum atomic E-state index is 5.77. The highest BCUT2D eigenvalue weighted by molar-refractivity contribution is 5.43. The van der Waals surface area contributed by atoms with Crippen molar-refractivity contribution in [1.82, 2.24) is 10.1 Å². The Morgan fingerprint density at radius 2 is 1.89 bits per heavy atom. The standard InChI is InChI=1S/C14H19N3O2/c1-9-6-12(4-5-15)7-10(2)14(9)18-8-13-16-11(3)17-19-13/h6-7H,4-5,8,15H2,1-3H3. The van der Waals surface area contributed by atoms with Crippen molar-refractivity contribution in [2.24, 2.45) is 5.73 Å². The Kier molecular flexibility index (Phi) is 4.16. The lowest BCUT2D eigenvalue weighted by molar-refractivity contribution is 0.240. The van der Waals surface area contributed by atoms with E-state index in [9.17, 15) is 0 Å². The summed E-state index contributed by atoms with van der Waals surface area (Å²) < 4.78 is 10.8. The number of aromatic nitrogens is 2. The van der Waals surface area contributed by atoms with E-state index in [0.717, 1.165) is 23.3 Å². The number of hydrogen-bond donors (Lipinski definition) is 1. The first-order chi connectivity index (χ1) is 9.10. The van der Waals surface area contributed by atoms with Crippen molar-refractivity contribution >= 4 is 0 Å². The van der Waals surface area contributed by atoms with E-state index in [1.807, 2.05) is 13.8 Å². The van der Waals surface area contributed by atoms with Gasteiger partial charge >= 0.3 is 0 Å². The lowest BCUT2D eigenvalue weighted by Gasteiger charge is -2.12. The zero-order valence-electron chi connectivity index (χ0n) is 11.6. The lowest BCUT2D eigenvalue weighted by atomic mass is 10.0. The molecule has 0 fully saturated rings. The van der Waals surface area contributed by atoms with E-state index in [1.165, 1.54) is 5.56 Å². The van der Waals surface area contributed by atoms with Gasteiger partial charge in [-0.1, -0.05) is 17.3 Å². The predicted molar refractivity (Wildman–Crippen MR) is 72.0 cm³/mol. The summed E-state index contributed by atoms with van der Waals surface area (Å²) in [5, 5.41) is 3.73. The van der Waals surface area contributed by atoms with Gasteiger partial charge in [0.2, 0.25) is 0 Å². The first-order valence-electron chi connectivity index (χ1n) is 6.32. The van der Waals surface area contributed by atoms with Crippen LogP contribution in [0.15, 0.2) is 16.7 Å². The van der Waals surface area contributed by atoms with Gasteiger partial charge in [0.05, 0.1) is 0 Å². The molecule has 0 radical (unpaired) electrons. The minimum absolute atomic E-state index is 0.290. The Morgan fingerprint density at radius 1 is 1.21 bits per heavy atom. The largest absolute Gasteiger partial charge is 0.483 e. The van der Waals surface area contributed by atoms with Crippen molar-refractivity contribution in [1.29, 1.82) is 0 Å². The smallest absolute Gasteiger partial charge is 0.264 e. The van der Waals surface area contributed by atoms with Crippen LogP contribution in [-0.4, -0.2) is 16.7 Å². The van der Waals surface area contributed by atoms with Gasteiger partial charge < -0.3 is 15.0 Å². The predicted octanol–water partition coefficient (Wildman–Crippen LogP) is 2.08. The topological polar surface area (TPSA) is 74.2 Å². The first kappa shape index (κ1) is 13.5. The Bertz CT molecular complexity index is 541. The molecular formula is C14H19N3O2. The molecule has 5 heteroatoms. The van der Waals surface area contributed by atoms with Gasteiger partial charge in [-0.2, -0.15) is 4.98 Å². The number of rotatable bonds is 5. The van der Waals surface area contributed by atoms with Crippen LogP contribution in [0.4, 0.5) is 0 Å². The molecule has 1 aromatic heterocycles. The highest BCUT2D eigenvalue weighted by atomic mass is 16.5. The molecule has 19 heavy (non-hydrogen) atoms. The molecule has 102 valence electrons. The van der Waals surface area contributed by atoms with Gasteiger partial charge in [0.15, 0.2) is 12.4 Å². The highest BCUT2D eigenvalue weighted by Gasteiger charge is 2.09. The van der Waals surface area contributed by atoms with Crippen LogP contribution in [0.1, 0.15) is 28.4 Å². The molecule has 2 aromatic rings. The number of nitrogens with two attached hydrogens (primary N) is 1. The van der Waals surface area contributed by atoms with E-state index in [0.29, 0.717) is 24.9 Å². The van der Waals surface area contributed by atoms with E-state index < -0.39 is 0 Å². The average molecular weight is 261 g/mol. The number of hydrogen-bond acceptors (Lipinski definition) is 5. The van der Waals surface area contributed by atoms with Gasteiger partial charge in [-0.15, -0.1) is 0 Å². The van der Waals surface area contributed by atoms with Crippen molar-refractivity contribution in [3.05, 3.63) is 40.5 Å². The molecule has 1 aromatic carbocycles. The van der Waals surface area contributed by atoms with Crippen molar-refractivity contribution in [2.45, 2.75) is 33.8 Å². The van der Waals surface area contributed by atoms with Gasteiger partial charge in [0.1, 0.15) is 5.75 Å². The third kappa shape index (κ3) is 3.32. The molecule has 1 heterocycles. The van der Waals surface area contributed by atoms with Crippen molar-refractivity contribution in [3.63, 3.8) is 0 Å². The number of nitrogens with zero attached hydrogens (tertiary/aromatic N) is 2. The normalized spacial score (nSPS) is 10.7. The summed E-state index contributed by atoms with van der Waals surface area (Å²) in [5.41, 5.74) is 9.01. The molecule has 0 aliphatic rings. The molecule has 0 aliphatic heterocycles. The second-order valence-corrected chi connectivity index (χ2v) is 4.62. The maximum Gasteiger partial charge on any atom is 0.264 e. The van der Waals surface area contributed by atoms with Crippen LogP contribution >= 0.6 is 0 Å². The fourth-order valence-corrected chi connectivity index (χ4v) is 2.11.